The van der Waals surface area contributed by atoms with Crippen molar-refractivity contribution < 1.29 is 4.79 Å². The van der Waals surface area contributed by atoms with Crippen LogP contribution in [0.15, 0.2) is 60.7 Å². The van der Waals surface area contributed by atoms with Crippen LogP contribution in [0.25, 0.3) is 0 Å². The van der Waals surface area contributed by atoms with E-state index in [2.05, 4.69) is 17.4 Å². The predicted octanol–water partition coefficient (Wildman–Crippen LogP) is 2.89. The molecule has 0 saturated carbocycles. The van der Waals surface area contributed by atoms with E-state index in [1.54, 1.807) is 0 Å². The van der Waals surface area contributed by atoms with Crippen LogP contribution < -0.4 is 5.32 Å². The Morgan fingerprint density at radius 1 is 1.00 bits per heavy atom. The molecule has 0 bridgehead atoms. The lowest BCUT2D eigenvalue weighted by Crippen LogP contribution is -2.40. The van der Waals surface area contributed by atoms with E-state index < -0.39 is 0 Å². The van der Waals surface area contributed by atoms with Crippen LogP contribution in [0.3, 0.4) is 0 Å². The Balaban J connectivity index is 2.30. The molecule has 2 rings (SSSR count). The molecule has 1 atom stereocenters. The van der Waals surface area contributed by atoms with Crippen molar-refractivity contribution >= 4 is 6.41 Å². The highest BCUT2D eigenvalue weighted by Crippen LogP contribution is 2.24. The van der Waals surface area contributed by atoms with Gasteiger partial charge in [0.05, 0.1) is 5.54 Å². The van der Waals surface area contributed by atoms with Gasteiger partial charge in [0.2, 0.25) is 6.41 Å². The lowest BCUT2D eigenvalue weighted by molar-refractivity contribution is -0.111. The van der Waals surface area contributed by atoms with Crippen molar-refractivity contribution in [2.24, 2.45) is 0 Å². The Hall–Kier alpha value is -2.09. The van der Waals surface area contributed by atoms with Crippen LogP contribution in [0.1, 0.15) is 18.1 Å². The Kier molecular flexibility index (Phi) is 3.78. The highest BCUT2D eigenvalue weighted by molar-refractivity contribution is 5.50. The maximum absolute atomic E-state index is 10.9. The first-order chi connectivity index (χ1) is 8.74. The van der Waals surface area contributed by atoms with Crippen molar-refractivity contribution in [3.63, 3.8) is 0 Å². The fourth-order valence-electron chi connectivity index (χ4n) is 2.18. The predicted molar refractivity (Wildman–Crippen MR) is 73.1 cm³/mol. The van der Waals surface area contributed by atoms with E-state index in [9.17, 15) is 4.79 Å². The van der Waals surface area contributed by atoms with Gasteiger partial charge in [-0.2, -0.15) is 0 Å². The van der Waals surface area contributed by atoms with E-state index in [0.29, 0.717) is 0 Å². The van der Waals surface area contributed by atoms with Crippen molar-refractivity contribution in [1.29, 1.82) is 0 Å². The Morgan fingerprint density at radius 3 is 2.11 bits per heavy atom. The number of hydrogen-bond acceptors (Lipinski definition) is 1. The molecule has 2 aromatic rings. The number of hydrogen-bond donors (Lipinski definition) is 1. The number of nitrogens with one attached hydrogen (secondary N) is 1. The highest BCUT2D eigenvalue weighted by atomic mass is 16.1. The van der Waals surface area contributed by atoms with Gasteiger partial charge < -0.3 is 5.32 Å². The van der Waals surface area contributed by atoms with Gasteiger partial charge in [-0.05, 0) is 24.5 Å². The molecular formula is C16H17NO. The van der Waals surface area contributed by atoms with Crippen molar-refractivity contribution in [2.45, 2.75) is 18.9 Å². The largest absolute Gasteiger partial charge is 0.349 e. The van der Waals surface area contributed by atoms with Crippen molar-refractivity contribution in [3.05, 3.63) is 71.8 Å². The minimum Gasteiger partial charge on any atom is -0.349 e. The fraction of sp³-hybridized carbons (Fsp3) is 0.188. The Bertz CT molecular complexity index is 495. The summed E-state index contributed by atoms with van der Waals surface area (Å²) >= 11 is 0. The average molecular weight is 241 g/mol. The maximum atomic E-state index is 10.9. The summed E-state index contributed by atoms with van der Waals surface area (Å²) in [5, 5.41) is 2.94. The number of benzene rings is 2. The lowest BCUT2D eigenvalue weighted by Gasteiger charge is -2.30. The summed E-state index contributed by atoms with van der Waals surface area (Å²) in [5.74, 6) is 0. The van der Waals surface area contributed by atoms with Crippen LogP contribution in [-0.2, 0) is 16.8 Å². The van der Waals surface area contributed by atoms with Crippen LogP contribution in [-0.4, -0.2) is 6.41 Å². The van der Waals surface area contributed by atoms with Gasteiger partial charge in [0.15, 0.2) is 0 Å². The second-order valence-corrected chi connectivity index (χ2v) is 4.62. The van der Waals surface area contributed by atoms with Gasteiger partial charge in [-0.15, -0.1) is 0 Å². The monoisotopic (exact) mass is 241 g/mol. The van der Waals surface area contributed by atoms with Crippen LogP contribution in [0, 0.1) is 0 Å². The molecule has 18 heavy (non-hydrogen) atoms. The molecule has 0 aromatic heterocycles. The van der Waals surface area contributed by atoms with Crippen LogP contribution in [0.4, 0.5) is 0 Å². The molecular weight excluding hydrogens is 224 g/mol. The summed E-state index contributed by atoms with van der Waals surface area (Å²) in [6.07, 6.45) is 1.55. The minimum atomic E-state index is -0.371. The molecule has 0 radical (unpaired) electrons. The molecule has 1 unspecified atom stereocenters. The van der Waals surface area contributed by atoms with Crippen molar-refractivity contribution in [1.82, 2.24) is 5.32 Å². The first-order valence-electron chi connectivity index (χ1n) is 6.05. The summed E-state index contributed by atoms with van der Waals surface area (Å²) in [6.45, 7) is 2.05. The SMILES string of the molecule is C[14C](Cc1ccccc1)(NC=O)c1ccccc1. The van der Waals surface area contributed by atoms with E-state index in [0.717, 1.165) is 18.4 Å². The molecule has 0 heterocycles. The topological polar surface area (TPSA) is 29.1 Å². The molecule has 1 N–H and O–H groups in total. The molecule has 0 fully saturated rings. The van der Waals surface area contributed by atoms with E-state index in [1.165, 1.54) is 5.56 Å². The molecule has 0 aliphatic rings. The first-order valence-corrected chi connectivity index (χ1v) is 6.05. The van der Waals surface area contributed by atoms with Crippen molar-refractivity contribution in [2.75, 3.05) is 0 Å². The van der Waals surface area contributed by atoms with Gasteiger partial charge in [-0.1, -0.05) is 60.7 Å². The summed E-state index contributed by atoms with van der Waals surface area (Å²) in [6, 6.07) is 20.2. The zero-order valence-electron chi connectivity index (χ0n) is 10.5. The third-order valence-corrected chi connectivity index (χ3v) is 3.19. The molecule has 0 aliphatic carbocycles. The summed E-state index contributed by atoms with van der Waals surface area (Å²) in [5.41, 5.74) is 1.95. The molecule has 0 aliphatic heterocycles. The summed E-state index contributed by atoms with van der Waals surface area (Å²) in [4.78, 5) is 10.9. The van der Waals surface area contributed by atoms with E-state index in [4.69, 9.17) is 0 Å². The maximum Gasteiger partial charge on any atom is 0.207 e. The van der Waals surface area contributed by atoms with Gasteiger partial charge in [0, 0.05) is 0 Å². The normalized spacial score (nSPS) is 13.6. The van der Waals surface area contributed by atoms with Gasteiger partial charge in [-0.25, -0.2) is 0 Å². The number of carbonyl (C=O) groups is 1. The Morgan fingerprint density at radius 2 is 1.56 bits per heavy atom. The van der Waals surface area contributed by atoms with Crippen molar-refractivity contribution in [3.8, 4) is 0 Å². The second-order valence-electron chi connectivity index (χ2n) is 4.62. The second kappa shape index (κ2) is 5.50. The van der Waals surface area contributed by atoms with Crippen LogP contribution in [0.2, 0.25) is 0 Å². The molecule has 2 heteroatoms. The number of rotatable bonds is 5. The smallest absolute Gasteiger partial charge is 0.207 e. The quantitative estimate of drug-likeness (QED) is 0.801. The average Bonchev–Trinajstić information content (AvgIpc) is 2.41. The van der Waals surface area contributed by atoms with E-state index >= 15 is 0 Å². The molecule has 92 valence electrons. The van der Waals surface area contributed by atoms with Gasteiger partial charge >= 0.3 is 0 Å². The molecule has 0 saturated heterocycles. The number of carbonyl (C=O) groups excluding carboxylic acids is 1. The minimum absolute atomic E-state index is 0.371. The summed E-state index contributed by atoms with van der Waals surface area (Å²) < 4.78 is 0. The fourth-order valence-corrected chi connectivity index (χ4v) is 2.18. The van der Waals surface area contributed by atoms with E-state index in [-0.39, 0.29) is 5.54 Å². The molecule has 0 spiro atoms. The van der Waals surface area contributed by atoms with Crippen LogP contribution in [0.5, 0.6) is 0 Å². The summed E-state index contributed by atoms with van der Waals surface area (Å²) in [7, 11) is 0. The first kappa shape index (κ1) is 12.4. The standard InChI is InChI=1S/C16H17NO/c1-16(17-13-18,15-10-6-3-7-11-15)12-14-8-4-2-5-9-14/h2-11,13H,12H2,1H3,(H,17,18)/i16+2. The van der Waals surface area contributed by atoms with E-state index in [1.807, 2.05) is 55.5 Å². The lowest BCUT2D eigenvalue weighted by atomic mass is 10.2. The Labute approximate surface area is 108 Å². The zero-order chi connectivity index (χ0) is 12.8. The molecule has 1 amide bonds. The third kappa shape index (κ3) is 2.77. The van der Waals surface area contributed by atoms with Gasteiger partial charge in [0.1, 0.15) is 0 Å². The molecule has 2 aromatic carbocycles. The molecule has 2 nitrogen and oxygen atoms in total. The zero-order valence-corrected chi connectivity index (χ0v) is 10.5. The van der Waals surface area contributed by atoms with Crippen LogP contribution >= 0.6 is 0 Å². The highest BCUT2D eigenvalue weighted by Gasteiger charge is 2.25. The van der Waals surface area contributed by atoms with Gasteiger partial charge in [-0.3, -0.25) is 4.79 Å². The third-order valence-electron chi connectivity index (χ3n) is 3.19. The van der Waals surface area contributed by atoms with Gasteiger partial charge in [0.25, 0.3) is 0 Å². The number of amides is 1.